The van der Waals surface area contributed by atoms with E-state index >= 15 is 0 Å². The maximum atomic E-state index is 6.25. The molecule has 1 nitrogen and oxygen atoms in total. The van der Waals surface area contributed by atoms with Crippen molar-refractivity contribution < 1.29 is 0 Å². The zero-order chi connectivity index (χ0) is 10.3. The van der Waals surface area contributed by atoms with Gasteiger partial charge in [-0.15, -0.1) is 11.8 Å². The minimum Gasteiger partial charge on any atom is -0.324 e. The molecule has 2 rings (SSSR count). The summed E-state index contributed by atoms with van der Waals surface area (Å²) in [6.07, 6.45) is 0. The molecular formula is C12H17NS. The molecule has 2 unspecified atom stereocenters. The molecule has 1 aliphatic heterocycles. The molecule has 0 radical (unpaired) electrons. The van der Waals surface area contributed by atoms with Crippen molar-refractivity contribution in [3.05, 3.63) is 28.8 Å². The highest BCUT2D eigenvalue weighted by Crippen LogP contribution is 2.41. The number of hydrogen-bond acceptors (Lipinski definition) is 2. The Kier molecular flexibility index (Phi) is 2.58. The maximum absolute atomic E-state index is 6.25. The predicted molar refractivity (Wildman–Crippen MR) is 62.7 cm³/mol. The fourth-order valence-electron chi connectivity index (χ4n) is 2.02. The molecule has 0 fully saturated rings. The highest BCUT2D eigenvalue weighted by molar-refractivity contribution is 7.99. The Hall–Kier alpha value is -0.470. The minimum atomic E-state index is 0.228. The van der Waals surface area contributed by atoms with Crippen LogP contribution in [0.3, 0.4) is 0 Å². The number of hydrogen-bond donors (Lipinski definition) is 1. The Bertz CT molecular complexity index is 360. The number of aryl methyl sites for hydroxylation is 2. The van der Waals surface area contributed by atoms with E-state index in [4.69, 9.17) is 5.73 Å². The number of thioether (sulfide) groups is 1. The van der Waals surface area contributed by atoms with Crippen LogP contribution in [-0.2, 0) is 0 Å². The molecule has 0 aliphatic carbocycles. The van der Waals surface area contributed by atoms with Crippen molar-refractivity contribution in [3.8, 4) is 0 Å². The summed E-state index contributed by atoms with van der Waals surface area (Å²) in [5.41, 5.74) is 10.3. The number of nitrogens with two attached hydrogens (primary N) is 1. The van der Waals surface area contributed by atoms with Crippen LogP contribution in [0.5, 0.6) is 0 Å². The first-order chi connectivity index (χ1) is 6.61. The van der Waals surface area contributed by atoms with Crippen molar-refractivity contribution in [2.45, 2.75) is 31.7 Å². The second kappa shape index (κ2) is 3.59. The summed E-state index contributed by atoms with van der Waals surface area (Å²) >= 11 is 1.96. The lowest BCUT2D eigenvalue weighted by molar-refractivity contribution is 0.504. The van der Waals surface area contributed by atoms with Gasteiger partial charge in [0.15, 0.2) is 0 Å². The lowest BCUT2D eigenvalue weighted by atomic mass is 9.91. The molecule has 2 heteroatoms. The van der Waals surface area contributed by atoms with E-state index in [1.54, 1.807) is 0 Å². The van der Waals surface area contributed by atoms with Gasteiger partial charge < -0.3 is 5.73 Å². The molecule has 1 aromatic rings. The molecule has 0 bridgehead atoms. The Morgan fingerprint density at radius 2 is 1.93 bits per heavy atom. The summed E-state index contributed by atoms with van der Waals surface area (Å²) < 4.78 is 0. The van der Waals surface area contributed by atoms with E-state index < -0.39 is 0 Å². The largest absolute Gasteiger partial charge is 0.324 e. The van der Waals surface area contributed by atoms with E-state index in [-0.39, 0.29) is 6.04 Å². The molecule has 0 spiro atoms. The van der Waals surface area contributed by atoms with Crippen LogP contribution in [0.2, 0.25) is 0 Å². The monoisotopic (exact) mass is 207 g/mol. The van der Waals surface area contributed by atoms with E-state index in [0.29, 0.717) is 5.92 Å². The van der Waals surface area contributed by atoms with Crippen LogP contribution in [-0.4, -0.2) is 5.75 Å². The summed E-state index contributed by atoms with van der Waals surface area (Å²) in [5.74, 6) is 1.74. The van der Waals surface area contributed by atoms with Crippen LogP contribution in [0.4, 0.5) is 0 Å². The fraction of sp³-hybridized carbons (Fsp3) is 0.500. The van der Waals surface area contributed by atoms with Gasteiger partial charge in [0, 0.05) is 16.7 Å². The Labute approximate surface area is 90.1 Å². The van der Waals surface area contributed by atoms with E-state index in [2.05, 4.69) is 32.9 Å². The topological polar surface area (TPSA) is 26.0 Å². The summed E-state index contributed by atoms with van der Waals surface area (Å²) in [6, 6.07) is 4.61. The van der Waals surface area contributed by atoms with Crippen LogP contribution in [0, 0.1) is 19.8 Å². The lowest BCUT2D eigenvalue weighted by Crippen LogP contribution is -2.26. The maximum Gasteiger partial charge on any atom is 0.0342 e. The Morgan fingerprint density at radius 1 is 1.29 bits per heavy atom. The van der Waals surface area contributed by atoms with Crippen LogP contribution in [0.25, 0.3) is 0 Å². The van der Waals surface area contributed by atoms with Crippen molar-refractivity contribution >= 4 is 11.8 Å². The second-order valence-corrected chi connectivity index (χ2v) is 5.29. The molecule has 0 amide bonds. The highest BCUT2D eigenvalue weighted by atomic mass is 32.2. The summed E-state index contributed by atoms with van der Waals surface area (Å²) in [4.78, 5) is 1.43. The third-order valence-electron chi connectivity index (χ3n) is 3.05. The second-order valence-electron chi connectivity index (χ2n) is 4.26. The average molecular weight is 207 g/mol. The first-order valence-electron chi connectivity index (χ1n) is 5.09. The van der Waals surface area contributed by atoms with Gasteiger partial charge in [-0.25, -0.2) is 0 Å². The van der Waals surface area contributed by atoms with Crippen LogP contribution in [0.1, 0.15) is 29.7 Å². The molecule has 0 saturated carbocycles. The molecule has 0 aromatic heterocycles. The number of rotatable bonds is 0. The summed E-state index contributed by atoms with van der Waals surface area (Å²) in [7, 11) is 0. The lowest BCUT2D eigenvalue weighted by Gasteiger charge is -2.30. The standard InChI is InChI=1S/C12H17NS/c1-7-4-5-8(2)12-10(7)11(13)9(3)6-14-12/h4-5,9,11H,6,13H2,1-3H3. The zero-order valence-corrected chi connectivity index (χ0v) is 9.82. The van der Waals surface area contributed by atoms with Crippen molar-refractivity contribution in [1.29, 1.82) is 0 Å². The summed E-state index contributed by atoms with van der Waals surface area (Å²) in [5, 5.41) is 0. The Morgan fingerprint density at radius 3 is 2.64 bits per heavy atom. The highest BCUT2D eigenvalue weighted by Gasteiger charge is 2.26. The molecule has 2 atom stereocenters. The van der Waals surface area contributed by atoms with Crippen molar-refractivity contribution in [2.75, 3.05) is 5.75 Å². The normalized spacial score (nSPS) is 26.0. The van der Waals surface area contributed by atoms with Crippen LogP contribution >= 0.6 is 11.8 Å². The third-order valence-corrected chi connectivity index (χ3v) is 4.57. The van der Waals surface area contributed by atoms with Gasteiger partial charge in [0.05, 0.1) is 0 Å². The van der Waals surface area contributed by atoms with Crippen molar-refractivity contribution in [2.24, 2.45) is 11.7 Å². The molecule has 2 N–H and O–H groups in total. The predicted octanol–water partition coefficient (Wildman–Crippen LogP) is 3.05. The quantitative estimate of drug-likeness (QED) is 0.707. The third kappa shape index (κ3) is 1.47. The molecular weight excluding hydrogens is 190 g/mol. The smallest absolute Gasteiger partial charge is 0.0342 e. The molecule has 1 aromatic carbocycles. The SMILES string of the molecule is Cc1ccc(C)c2c1SCC(C)C2N. The number of fused-ring (bicyclic) bond motifs is 1. The van der Waals surface area contributed by atoms with E-state index in [0.717, 1.165) is 5.75 Å². The van der Waals surface area contributed by atoms with Crippen molar-refractivity contribution in [3.63, 3.8) is 0 Å². The van der Waals surface area contributed by atoms with Gasteiger partial charge in [-0.05, 0) is 36.5 Å². The van der Waals surface area contributed by atoms with Gasteiger partial charge in [0.25, 0.3) is 0 Å². The molecule has 1 heterocycles. The van der Waals surface area contributed by atoms with Gasteiger partial charge in [-0.2, -0.15) is 0 Å². The van der Waals surface area contributed by atoms with E-state index in [1.165, 1.54) is 21.6 Å². The van der Waals surface area contributed by atoms with E-state index in [9.17, 15) is 0 Å². The van der Waals surface area contributed by atoms with Crippen LogP contribution in [0.15, 0.2) is 17.0 Å². The van der Waals surface area contributed by atoms with Gasteiger partial charge in [-0.1, -0.05) is 19.1 Å². The zero-order valence-electron chi connectivity index (χ0n) is 9.00. The van der Waals surface area contributed by atoms with E-state index in [1.807, 2.05) is 11.8 Å². The molecule has 76 valence electrons. The van der Waals surface area contributed by atoms with Gasteiger partial charge in [0.2, 0.25) is 0 Å². The van der Waals surface area contributed by atoms with Gasteiger partial charge in [0.1, 0.15) is 0 Å². The van der Waals surface area contributed by atoms with Crippen LogP contribution < -0.4 is 5.73 Å². The number of benzene rings is 1. The molecule has 0 saturated heterocycles. The fourth-order valence-corrected chi connectivity index (χ4v) is 3.40. The van der Waals surface area contributed by atoms with Gasteiger partial charge >= 0.3 is 0 Å². The molecule has 14 heavy (non-hydrogen) atoms. The van der Waals surface area contributed by atoms with Crippen molar-refractivity contribution in [1.82, 2.24) is 0 Å². The average Bonchev–Trinajstić information content (AvgIpc) is 2.16. The molecule has 1 aliphatic rings. The first kappa shape index (κ1) is 10.1. The van der Waals surface area contributed by atoms with Gasteiger partial charge in [-0.3, -0.25) is 0 Å². The Balaban J connectivity index is 2.58. The first-order valence-corrected chi connectivity index (χ1v) is 6.08. The minimum absolute atomic E-state index is 0.228. The summed E-state index contributed by atoms with van der Waals surface area (Å²) in [6.45, 7) is 6.58.